The van der Waals surface area contributed by atoms with Gasteiger partial charge in [-0.2, -0.15) is 0 Å². The maximum absolute atomic E-state index is 14.0. The molecular weight excluding hydrogens is 293 g/mol. The van der Waals surface area contributed by atoms with Crippen molar-refractivity contribution < 1.29 is 19.4 Å². The fraction of sp³-hybridized carbons (Fsp3) is 0.400. The molecule has 6 heteroatoms. The molecule has 0 spiro atoms. The van der Waals surface area contributed by atoms with Crippen LogP contribution in [-0.4, -0.2) is 28.8 Å². The first-order chi connectivity index (χ1) is 10.1. The van der Waals surface area contributed by atoms with Crippen molar-refractivity contribution in [3.05, 3.63) is 34.5 Å². The van der Waals surface area contributed by atoms with Crippen LogP contribution in [0.25, 0.3) is 10.1 Å². The first-order valence-corrected chi connectivity index (χ1v) is 7.70. The maximum Gasteiger partial charge on any atom is 0.346 e. The summed E-state index contributed by atoms with van der Waals surface area (Å²) in [5.74, 6) is -0.985. The molecule has 1 heterocycles. The number of carboxylic acid groups (broad SMARTS) is 1. The highest BCUT2D eigenvalue weighted by atomic mass is 32.1. The lowest BCUT2D eigenvalue weighted by Gasteiger charge is -2.31. The highest BCUT2D eigenvalue weighted by molar-refractivity contribution is 7.21. The molecule has 3 rings (SSSR count). The standard InChI is InChI=1S/C15H16FNO3S/c16-11-2-1-3-12-13(11)10(14(21-12)15(19)20)7-17-6-8-4-9(18)5-8/h1-3,8-9,17-18H,4-7H2,(H,19,20). The Morgan fingerprint density at radius 2 is 2.19 bits per heavy atom. The van der Waals surface area contributed by atoms with E-state index in [1.54, 1.807) is 12.1 Å². The topological polar surface area (TPSA) is 69.6 Å². The van der Waals surface area contributed by atoms with Crippen LogP contribution in [0.4, 0.5) is 4.39 Å². The normalized spacial score (nSPS) is 21.4. The Bertz CT molecular complexity index is 679. The molecule has 0 radical (unpaired) electrons. The molecule has 21 heavy (non-hydrogen) atoms. The predicted octanol–water partition coefficient (Wildman–Crippen LogP) is 2.60. The summed E-state index contributed by atoms with van der Waals surface area (Å²) in [6, 6.07) is 4.68. The van der Waals surface area contributed by atoms with Crippen molar-refractivity contribution in [3.63, 3.8) is 0 Å². The zero-order chi connectivity index (χ0) is 15.0. The average molecular weight is 309 g/mol. The van der Waals surface area contributed by atoms with Crippen molar-refractivity contribution in [2.24, 2.45) is 5.92 Å². The number of hydrogen-bond acceptors (Lipinski definition) is 4. The summed E-state index contributed by atoms with van der Waals surface area (Å²) >= 11 is 1.11. The largest absolute Gasteiger partial charge is 0.477 e. The maximum atomic E-state index is 14.0. The summed E-state index contributed by atoms with van der Waals surface area (Å²) in [6.45, 7) is 1.04. The lowest BCUT2D eigenvalue weighted by Crippen LogP contribution is -2.36. The van der Waals surface area contributed by atoms with Gasteiger partial charge in [0.05, 0.1) is 6.10 Å². The Morgan fingerprint density at radius 3 is 2.86 bits per heavy atom. The van der Waals surface area contributed by atoms with E-state index in [0.717, 1.165) is 24.2 Å². The monoisotopic (exact) mass is 309 g/mol. The number of aliphatic hydroxyl groups is 1. The SMILES string of the molecule is O=C(O)c1sc2cccc(F)c2c1CNCC1CC(O)C1. The number of nitrogens with one attached hydrogen (secondary N) is 1. The summed E-state index contributed by atoms with van der Waals surface area (Å²) in [7, 11) is 0. The molecular formula is C15H16FNO3S. The van der Waals surface area contributed by atoms with Gasteiger partial charge in [0, 0.05) is 22.2 Å². The van der Waals surface area contributed by atoms with Crippen LogP contribution in [0.3, 0.4) is 0 Å². The quantitative estimate of drug-likeness (QED) is 0.794. The Balaban J connectivity index is 1.81. The predicted molar refractivity (Wildman–Crippen MR) is 79.2 cm³/mol. The van der Waals surface area contributed by atoms with Gasteiger partial charge in [-0.3, -0.25) is 0 Å². The van der Waals surface area contributed by atoms with Crippen molar-refractivity contribution in [1.29, 1.82) is 0 Å². The van der Waals surface area contributed by atoms with Gasteiger partial charge in [-0.1, -0.05) is 6.07 Å². The van der Waals surface area contributed by atoms with E-state index in [1.807, 2.05) is 0 Å². The van der Waals surface area contributed by atoms with E-state index < -0.39 is 5.97 Å². The van der Waals surface area contributed by atoms with E-state index in [4.69, 9.17) is 0 Å². The van der Waals surface area contributed by atoms with E-state index in [0.29, 0.717) is 34.7 Å². The minimum atomic E-state index is -1.02. The van der Waals surface area contributed by atoms with E-state index in [2.05, 4.69) is 5.32 Å². The van der Waals surface area contributed by atoms with Gasteiger partial charge in [0.25, 0.3) is 0 Å². The molecule has 1 aliphatic carbocycles. The third kappa shape index (κ3) is 2.79. The highest BCUT2D eigenvalue weighted by Crippen LogP contribution is 2.33. The van der Waals surface area contributed by atoms with Crippen molar-refractivity contribution >= 4 is 27.4 Å². The zero-order valence-electron chi connectivity index (χ0n) is 11.3. The second-order valence-corrected chi connectivity index (χ2v) is 6.50. The summed E-state index contributed by atoms with van der Waals surface area (Å²) in [6.07, 6.45) is 1.35. The molecule has 2 aromatic rings. The Hall–Kier alpha value is -1.50. The van der Waals surface area contributed by atoms with Gasteiger partial charge in [0.15, 0.2) is 0 Å². The number of benzene rings is 1. The summed E-state index contributed by atoms with van der Waals surface area (Å²) in [5.41, 5.74) is 0.514. The molecule has 1 aliphatic rings. The second-order valence-electron chi connectivity index (χ2n) is 5.45. The van der Waals surface area contributed by atoms with Gasteiger partial charge in [0.1, 0.15) is 10.7 Å². The van der Waals surface area contributed by atoms with Crippen molar-refractivity contribution in [2.75, 3.05) is 6.54 Å². The molecule has 1 saturated carbocycles. The van der Waals surface area contributed by atoms with Crippen LogP contribution in [0, 0.1) is 11.7 Å². The minimum Gasteiger partial charge on any atom is -0.477 e. The molecule has 0 aliphatic heterocycles. The van der Waals surface area contributed by atoms with Crippen LogP contribution in [0.1, 0.15) is 28.1 Å². The molecule has 112 valence electrons. The number of rotatable bonds is 5. The fourth-order valence-corrected chi connectivity index (χ4v) is 3.85. The number of aliphatic hydroxyl groups excluding tert-OH is 1. The van der Waals surface area contributed by atoms with Crippen LogP contribution in [0.15, 0.2) is 18.2 Å². The van der Waals surface area contributed by atoms with Gasteiger partial charge in [-0.25, -0.2) is 9.18 Å². The van der Waals surface area contributed by atoms with Crippen molar-refractivity contribution in [1.82, 2.24) is 5.32 Å². The zero-order valence-corrected chi connectivity index (χ0v) is 12.1. The Labute approximate surface area is 125 Å². The lowest BCUT2D eigenvalue weighted by atomic mass is 9.82. The summed E-state index contributed by atoms with van der Waals surface area (Å²) < 4.78 is 14.6. The molecule has 1 aromatic heterocycles. The molecule has 0 amide bonds. The summed E-state index contributed by atoms with van der Waals surface area (Å²) in [4.78, 5) is 11.5. The van der Waals surface area contributed by atoms with Gasteiger partial charge >= 0.3 is 5.97 Å². The lowest BCUT2D eigenvalue weighted by molar-refractivity contribution is 0.0430. The Morgan fingerprint density at radius 1 is 1.43 bits per heavy atom. The Kier molecular flexibility index (Phi) is 3.93. The van der Waals surface area contributed by atoms with Crippen LogP contribution in [0.5, 0.6) is 0 Å². The van der Waals surface area contributed by atoms with Crippen molar-refractivity contribution in [2.45, 2.75) is 25.5 Å². The first-order valence-electron chi connectivity index (χ1n) is 6.88. The first kappa shape index (κ1) is 14.4. The molecule has 1 aromatic carbocycles. The molecule has 0 saturated heterocycles. The number of fused-ring (bicyclic) bond motifs is 1. The number of aromatic carboxylic acids is 1. The van der Waals surface area contributed by atoms with Gasteiger partial charge in [0.2, 0.25) is 0 Å². The number of hydrogen-bond donors (Lipinski definition) is 3. The molecule has 3 N–H and O–H groups in total. The van der Waals surface area contributed by atoms with Crippen LogP contribution in [-0.2, 0) is 6.54 Å². The van der Waals surface area contributed by atoms with E-state index in [9.17, 15) is 19.4 Å². The van der Waals surface area contributed by atoms with Gasteiger partial charge in [-0.15, -0.1) is 11.3 Å². The van der Waals surface area contributed by atoms with Crippen molar-refractivity contribution in [3.8, 4) is 0 Å². The third-order valence-corrected chi connectivity index (χ3v) is 5.09. The minimum absolute atomic E-state index is 0.191. The van der Waals surface area contributed by atoms with Gasteiger partial charge < -0.3 is 15.5 Å². The fourth-order valence-electron chi connectivity index (χ4n) is 2.78. The van der Waals surface area contributed by atoms with E-state index in [-0.39, 0.29) is 16.8 Å². The molecule has 0 atom stereocenters. The van der Waals surface area contributed by atoms with E-state index >= 15 is 0 Å². The highest BCUT2D eigenvalue weighted by Gasteiger charge is 2.27. The van der Waals surface area contributed by atoms with Gasteiger partial charge in [-0.05, 0) is 37.4 Å². The molecule has 0 unspecified atom stereocenters. The second kappa shape index (κ2) is 5.71. The van der Waals surface area contributed by atoms with Crippen LogP contribution < -0.4 is 5.32 Å². The van der Waals surface area contributed by atoms with E-state index in [1.165, 1.54) is 6.07 Å². The van der Waals surface area contributed by atoms with Crippen LogP contribution >= 0.6 is 11.3 Å². The molecule has 0 bridgehead atoms. The number of thiophene rings is 1. The molecule has 4 nitrogen and oxygen atoms in total. The molecule has 1 fully saturated rings. The average Bonchev–Trinajstić information content (AvgIpc) is 2.77. The number of carbonyl (C=O) groups is 1. The van der Waals surface area contributed by atoms with Crippen LogP contribution in [0.2, 0.25) is 0 Å². The number of halogens is 1. The smallest absolute Gasteiger partial charge is 0.346 e. The third-order valence-electron chi connectivity index (χ3n) is 3.90. The summed E-state index contributed by atoms with van der Waals surface area (Å²) in [5, 5.41) is 22.1. The number of carboxylic acids is 1.